The number of benzene rings is 2. The van der Waals surface area contributed by atoms with E-state index in [1.165, 1.54) is 5.56 Å². The molecule has 1 saturated heterocycles. The van der Waals surface area contributed by atoms with Crippen LogP contribution >= 0.6 is 0 Å². The van der Waals surface area contributed by atoms with Crippen LogP contribution in [0.3, 0.4) is 0 Å². The summed E-state index contributed by atoms with van der Waals surface area (Å²) in [5.41, 5.74) is 2.78. The molecule has 1 aliphatic heterocycles. The molecule has 4 heteroatoms. The molecule has 4 rings (SSSR count). The van der Waals surface area contributed by atoms with E-state index in [1.807, 2.05) is 41.3 Å². The van der Waals surface area contributed by atoms with Crippen molar-refractivity contribution < 1.29 is 4.79 Å². The standard InChI is InChI=1S/C22H23N3O/c26-22(21-11-10-19-8-4-5-9-20(19)23-21)25-16-14-24(15-17-25)13-12-18-6-2-1-3-7-18/h1-11H,12-17H2. The molecular formula is C22H23N3O. The first kappa shape index (κ1) is 16.7. The molecule has 2 aromatic carbocycles. The molecule has 0 spiro atoms. The maximum atomic E-state index is 12.8. The fourth-order valence-corrected chi connectivity index (χ4v) is 3.45. The van der Waals surface area contributed by atoms with Gasteiger partial charge in [0.2, 0.25) is 0 Å². The molecule has 0 aliphatic carbocycles. The molecule has 1 aliphatic rings. The smallest absolute Gasteiger partial charge is 0.272 e. The molecular weight excluding hydrogens is 322 g/mol. The predicted molar refractivity (Wildman–Crippen MR) is 104 cm³/mol. The van der Waals surface area contributed by atoms with E-state index in [-0.39, 0.29) is 5.91 Å². The molecule has 0 saturated carbocycles. The van der Waals surface area contributed by atoms with Crippen LogP contribution in [-0.4, -0.2) is 53.4 Å². The van der Waals surface area contributed by atoms with Gasteiger partial charge in [0.1, 0.15) is 5.69 Å². The van der Waals surface area contributed by atoms with Gasteiger partial charge in [0.15, 0.2) is 0 Å². The molecule has 1 aromatic heterocycles. The van der Waals surface area contributed by atoms with Crippen molar-refractivity contribution >= 4 is 16.8 Å². The summed E-state index contributed by atoms with van der Waals surface area (Å²) in [6, 6.07) is 22.3. The van der Waals surface area contributed by atoms with Gasteiger partial charge in [0.25, 0.3) is 5.91 Å². The first-order valence-electron chi connectivity index (χ1n) is 9.21. The second kappa shape index (κ2) is 7.67. The highest BCUT2D eigenvalue weighted by molar-refractivity contribution is 5.95. The highest BCUT2D eigenvalue weighted by Crippen LogP contribution is 2.14. The van der Waals surface area contributed by atoms with Crippen LogP contribution in [0.4, 0.5) is 0 Å². The van der Waals surface area contributed by atoms with Crippen LogP contribution in [0.15, 0.2) is 66.7 Å². The average Bonchev–Trinajstić information content (AvgIpc) is 2.72. The van der Waals surface area contributed by atoms with Crippen LogP contribution < -0.4 is 0 Å². The molecule has 2 heterocycles. The number of para-hydroxylation sites is 1. The van der Waals surface area contributed by atoms with E-state index in [0.29, 0.717) is 5.69 Å². The highest BCUT2D eigenvalue weighted by Gasteiger charge is 2.22. The summed E-state index contributed by atoms with van der Waals surface area (Å²) in [5, 5.41) is 1.06. The fourth-order valence-electron chi connectivity index (χ4n) is 3.45. The number of hydrogen-bond acceptors (Lipinski definition) is 3. The summed E-state index contributed by atoms with van der Waals surface area (Å²) in [6.07, 6.45) is 1.06. The minimum Gasteiger partial charge on any atom is -0.335 e. The van der Waals surface area contributed by atoms with Gasteiger partial charge in [-0.1, -0.05) is 54.6 Å². The Bertz CT molecular complexity index is 886. The molecule has 1 fully saturated rings. The Morgan fingerprint density at radius 1 is 0.846 bits per heavy atom. The van der Waals surface area contributed by atoms with Gasteiger partial charge < -0.3 is 4.90 Å². The molecule has 0 atom stereocenters. The minimum absolute atomic E-state index is 0.0402. The zero-order chi connectivity index (χ0) is 17.8. The second-order valence-corrected chi connectivity index (χ2v) is 6.76. The topological polar surface area (TPSA) is 36.4 Å². The van der Waals surface area contributed by atoms with Gasteiger partial charge in [-0.05, 0) is 24.1 Å². The van der Waals surface area contributed by atoms with Crippen LogP contribution in [0.1, 0.15) is 16.1 Å². The summed E-state index contributed by atoms with van der Waals surface area (Å²) in [6.45, 7) is 4.42. The number of hydrogen-bond donors (Lipinski definition) is 0. The minimum atomic E-state index is 0.0402. The zero-order valence-corrected chi connectivity index (χ0v) is 14.8. The van der Waals surface area contributed by atoms with E-state index < -0.39 is 0 Å². The van der Waals surface area contributed by atoms with Gasteiger partial charge >= 0.3 is 0 Å². The van der Waals surface area contributed by atoms with Crippen molar-refractivity contribution in [3.8, 4) is 0 Å². The third-order valence-corrected chi connectivity index (χ3v) is 5.04. The van der Waals surface area contributed by atoms with Crippen LogP contribution in [0.2, 0.25) is 0 Å². The molecule has 4 nitrogen and oxygen atoms in total. The molecule has 0 radical (unpaired) electrons. The van der Waals surface area contributed by atoms with E-state index in [4.69, 9.17) is 0 Å². The number of amides is 1. The average molecular weight is 345 g/mol. The van der Waals surface area contributed by atoms with E-state index in [0.717, 1.165) is 50.0 Å². The number of rotatable bonds is 4. The quantitative estimate of drug-likeness (QED) is 0.728. The number of fused-ring (bicyclic) bond motifs is 1. The number of pyridine rings is 1. The van der Waals surface area contributed by atoms with Gasteiger partial charge in [-0.3, -0.25) is 9.69 Å². The second-order valence-electron chi connectivity index (χ2n) is 6.76. The van der Waals surface area contributed by atoms with E-state index in [9.17, 15) is 4.79 Å². The Hall–Kier alpha value is -2.72. The molecule has 0 unspecified atom stereocenters. The zero-order valence-electron chi connectivity index (χ0n) is 14.8. The van der Waals surface area contributed by atoms with Gasteiger partial charge in [0, 0.05) is 38.1 Å². The van der Waals surface area contributed by atoms with Crippen LogP contribution in [0, 0.1) is 0 Å². The predicted octanol–water partition coefficient (Wildman–Crippen LogP) is 3.24. The monoisotopic (exact) mass is 345 g/mol. The highest BCUT2D eigenvalue weighted by atomic mass is 16.2. The number of carbonyl (C=O) groups excluding carboxylic acids is 1. The van der Waals surface area contributed by atoms with Crippen molar-refractivity contribution in [1.82, 2.24) is 14.8 Å². The SMILES string of the molecule is O=C(c1ccc2ccccc2n1)N1CCN(CCc2ccccc2)CC1. The lowest BCUT2D eigenvalue weighted by atomic mass is 10.1. The Morgan fingerprint density at radius 2 is 1.58 bits per heavy atom. The summed E-state index contributed by atoms with van der Waals surface area (Å²) in [4.78, 5) is 21.7. The third-order valence-electron chi connectivity index (χ3n) is 5.04. The molecule has 26 heavy (non-hydrogen) atoms. The van der Waals surface area contributed by atoms with Gasteiger partial charge in [-0.2, -0.15) is 0 Å². The first-order chi connectivity index (χ1) is 12.8. The number of nitrogens with zero attached hydrogens (tertiary/aromatic N) is 3. The summed E-state index contributed by atoms with van der Waals surface area (Å²) in [5.74, 6) is 0.0402. The molecule has 132 valence electrons. The summed E-state index contributed by atoms with van der Waals surface area (Å²) < 4.78 is 0. The van der Waals surface area contributed by atoms with E-state index in [1.54, 1.807) is 0 Å². The molecule has 0 N–H and O–H groups in total. The van der Waals surface area contributed by atoms with Gasteiger partial charge in [-0.25, -0.2) is 4.98 Å². The van der Waals surface area contributed by atoms with E-state index in [2.05, 4.69) is 40.2 Å². The van der Waals surface area contributed by atoms with Crippen molar-refractivity contribution in [3.05, 3.63) is 78.0 Å². The van der Waals surface area contributed by atoms with Crippen molar-refractivity contribution in [1.29, 1.82) is 0 Å². The maximum Gasteiger partial charge on any atom is 0.272 e. The van der Waals surface area contributed by atoms with Crippen molar-refractivity contribution in [2.45, 2.75) is 6.42 Å². The fraction of sp³-hybridized carbons (Fsp3) is 0.273. The Kier molecular flexibility index (Phi) is 4.93. The van der Waals surface area contributed by atoms with Crippen molar-refractivity contribution in [2.75, 3.05) is 32.7 Å². The largest absolute Gasteiger partial charge is 0.335 e. The lowest BCUT2D eigenvalue weighted by molar-refractivity contribution is 0.0633. The number of carbonyl (C=O) groups is 1. The Balaban J connectivity index is 1.34. The van der Waals surface area contributed by atoms with E-state index >= 15 is 0 Å². The lowest BCUT2D eigenvalue weighted by Gasteiger charge is -2.34. The van der Waals surface area contributed by atoms with Gasteiger partial charge in [-0.15, -0.1) is 0 Å². The van der Waals surface area contributed by atoms with Crippen LogP contribution in [-0.2, 0) is 6.42 Å². The lowest BCUT2D eigenvalue weighted by Crippen LogP contribution is -2.49. The van der Waals surface area contributed by atoms with Crippen molar-refractivity contribution in [3.63, 3.8) is 0 Å². The maximum absolute atomic E-state index is 12.8. The summed E-state index contributed by atoms with van der Waals surface area (Å²) >= 11 is 0. The Labute approximate surface area is 154 Å². The van der Waals surface area contributed by atoms with Crippen molar-refractivity contribution in [2.24, 2.45) is 0 Å². The number of piperazine rings is 1. The Morgan fingerprint density at radius 3 is 2.38 bits per heavy atom. The summed E-state index contributed by atoms with van der Waals surface area (Å²) in [7, 11) is 0. The number of aromatic nitrogens is 1. The molecule has 1 amide bonds. The first-order valence-corrected chi connectivity index (χ1v) is 9.21. The van der Waals surface area contributed by atoms with Gasteiger partial charge in [0.05, 0.1) is 5.52 Å². The normalized spacial score (nSPS) is 15.3. The molecule has 3 aromatic rings. The third kappa shape index (κ3) is 3.75. The van der Waals surface area contributed by atoms with Crippen LogP contribution in [0.25, 0.3) is 10.9 Å². The molecule has 0 bridgehead atoms. The van der Waals surface area contributed by atoms with Crippen LogP contribution in [0.5, 0.6) is 0 Å².